The predicted molar refractivity (Wildman–Crippen MR) is 107 cm³/mol. The largest absolute Gasteiger partial charge is 0.351 e. The van der Waals surface area contributed by atoms with E-state index in [1.165, 1.54) is 5.56 Å². The third-order valence-corrected chi connectivity index (χ3v) is 6.89. The highest BCUT2D eigenvalue weighted by atomic mass is 32.2. The van der Waals surface area contributed by atoms with Crippen LogP contribution in [-0.2, 0) is 16.4 Å². The molecule has 3 rings (SSSR count). The second-order valence-corrected chi connectivity index (χ2v) is 9.06. The molecule has 1 saturated heterocycles. The molecule has 0 atom stereocenters. The van der Waals surface area contributed by atoms with Crippen LogP contribution in [0.15, 0.2) is 60.7 Å². The summed E-state index contributed by atoms with van der Waals surface area (Å²) >= 11 is 0. The summed E-state index contributed by atoms with van der Waals surface area (Å²) in [5.41, 5.74) is 1.85. The number of nitrogens with zero attached hydrogens (tertiary/aromatic N) is 1. The average molecular weight is 387 g/mol. The molecule has 5 nitrogen and oxygen atoms in total. The number of rotatable bonds is 7. The van der Waals surface area contributed by atoms with Crippen LogP contribution in [0.1, 0.15) is 28.8 Å². The summed E-state index contributed by atoms with van der Waals surface area (Å²) in [6.07, 6.45) is 2.76. The zero-order chi connectivity index (χ0) is 19.1. The number of carbonyl (C=O) groups is 1. The average Bonchev–Trinajstić information content (AvgIpc) is 2.70. The molecule has 0 bridgehead atoms. The normalized spacial score (nSPS) is 16.1. The highest BCUT2D eigenvalue weighted by Gasteiger charge is 2.27. The number of piperidine rings is 1. The van der Waals surface area contributed by atoms with Crippen LogP contribution >= 0.6 is 0 Å². The fraction of sp³-hybridized carbons (Fsp3) is 0.381. The summed E-state index contributed by atoms with van der Waals surface area (Å²) < 4.78 is 26.7. The van der Waals surface area contributed by atoms with E-state index in [2.05, 4.69) is 17.4 Å². The topological polar surface area (TPSA) is 66.5 Å². The molecule has 0 saturated carbocycles. The van der Waals surface area contributed by atoms with Crippen molar-refractivity contribution in [2.45, 2.75) is 19.3 Å². The van der Waals surface area contributed by atoms with Crippen LogP contribution in [0.25, 0.3) is 0 Å². The molecular formula is C21H26N2O3S. The highest BCUT2D eigenvalue weighted by molar-refractivity contribution is 7.89. The molecule has 1 amide bonds. The molecule has 6 heteroatoms. The van der Waals surface area contributed by atoms with Gasteiger partial charge in [-0.2, -0.15) is 0 Å². The number of benzene rings is 2. The van der Waals surface area contributed by atoms with E-state index in [-0.39, 0.29) is 18.2 Å². The van der Waals surface area contributed by atoms with Gasteiger partial charge in [0.15, 0.2) is 0 Å². The number of nitrogens with one attached hydrogen (secondary N) is 1. The van der Waals surface area contributed by atoms with Crippen LogP contribution in [-0.4, -0.2) is 44.0 Å². The zero-order valence-electron chi connectivity index (χ0n) is 15.4. The Hall–Kier alpha value is -2.18. The summed E-state index contributed by atoms with van der Waals surface area (Å²) in [5.74, 6) is 0.221. The first-order valence-electron chi connectivity index (χ1n) is 9.39. The van der Waals surface area contributed by atoms with E-state index in [0.29, 0.717) is 24.6 Å². The van der Waals surface area contributed by atoms with Crippen molar-refractivity contribution < 1.29 is 13.2 Å². The third kappa shape index (κ3) is 5.65. The molecule has 1 heterocycles. The molecule has 2 aromatic carbocycles. The summed E-state index contributed by atoms with van der Waals surface area (Å²) in [5, 5.41) is 2.69. The van der Waals surface area contributed by atoms with Crippen molar-refractivity contribution in [2.24, 2.45) is 5.92 Å². The lowest BCUT2D eigenvalue weighted by Crippen LogP contribution is -2.42. The number of carbonyl (C=O) groups excluding carboxylic acids is 1. The highest BCUT2D eigenvalue weighted by Crippen LogP contribution is 2.23. The summed E-state index contributed by atoms with van der Waals surface area (Å²) in [6.45, 7) is 1.25. The minimum atomic E-state index is -3.34. The van der Waals surface area contributed by atoms with Gasteiger partial charge in [-0.15, -0.1) is 0 Å². The molecule has 0 unspecified atom stereocenters. The maximum absolute atomic E-state index is 12.5. The number of sulfonamides is 1. The monoisotopic (exact) mass is 386 g/mol. The van der Waals surface area contributed by atoms with Crippen molar-refractivity contribution in [1.82, 2.24) is 9.62 Å². The molecule has 0 radical (unpaired) electrons. The Balaban J connectivity index is 1.43. The van der Waals surface area contributed by atoms with Crippen LogP contribution in [0.3, 0.4) is 0 Å². The van der Waals surface area contributed by atoms with E-state index in [4.69, 9.17) is 0 Å². The van der Waals surface area contributed by atoms with Crippen molar-refractivity contribution in [1.29, 1.82) is 0 Å². The molecule has 144 valence electrons. The standard InChI is InChI=1S/C21H26N2O3S/c24-21(20-9-5-2-6-10-20)22-13-16-27(25,26)23-14-11-19(12-15-23)17-18-7-3-1-4-8-18/h1-10,19H,11-17H2,(H,22,24). The van der Waals surface area contributed by atoms with Crippen molar-refractivity contribution in [3.8, 4) is 0 Å². The van der Waals surface area contributed by atoms with Gasteiger partial charge < -0.3 is 5.32 Å². The minimum Gasteiger partial charge on any atom is -0.351 e. The maximum atomic E-state index is 12.5. The third-order valence-electron chi connectivity index (χ3n) is 5.02. The van der Waals surface area contributed by atoms with Crippen molar-refractivity contribution in [3.63, 3.8) is 0 Å². The Morgan fingerprint density at radius 1 is 0.963 bits per heavy atom. The quantitative estimate of drug-likeness (QED) is 0.796. The first-order valence-corrected chi connectivity index (χ1v) is 11.0. The minimum absolute atomic E-state index is 0.0606. The molecule has 2 aromatic rings. The molecule has 1 N–H and O–H groups in total. The van der Waals surface area contributed by atoms with Gasteiger partial charge in [0, 0.05) is 25.2 Å². The van der Waals surface area contributed by atoms with E-state index < -0.39 is 10.0 Å². The van der Waals surface area contributed by atoms with E-state index in [1.54, 1.807) is 28.6 Å². The Morgan fingerprint density at radius 2 is 1.56 bits per heavy atom. The Labute approximate surface area is 161 Å². The second kappa shape index (κ2) is 9.15. The fourth-order valence-electron chi connectivity index (χ4n) is 3.45. The molecule has 0 aromatic heterocycles. The van der Waals surface area contributed by atoms with Gasteiger partial charge in [0.2, 0.25) is 10.0 Å². The van der Waals surface area contributed by atoms with Gasteiger partial charge in [0.25, 0.3) is 5.91 Å². The SMILES string of the molecule is O=C(NCCS(=O)(=O)N1CCC(Cc2ccccc2)CC1)c1ccccc1. The molecule has 0 spiro atoms. The van der Waals surface area contributed by atoms with Crippen molar-refractivity contribution in [2.75, 3.05) is 25.4 Å². The van der Waals surface area contributed by atoms with Gasteiger partial charge in [0.1, 0.15) is 0 Å². The van der Waals surface area contributed by atoms with Crippen molar-refractivity contribution >= 4 is 15.9 Å². The summed E-state index contributed by atoms with van der Waals surface area (Å²) in [6, 6.07) is 19.2. The molecule has 1 aliphatic rings. The van der Waals surface area contributed by atoms with Gasteiger partial charge >= 0.3 is 0 Å². The Morgan fingerprint density at radius 3 is 2.19 bits per heavy atom. The number of hydrogen-bond acceptors (Lipinski definition) is 3. The molecule has 0 aliphatic carbocycles. The van der Waals surface area contributed by atoms with Gasteiger partial charge in [0.05, 0.1) is 5.75 Å². The maximum Gasteiger partial charge on any atom is 0.251 e. The number of hydrogen-bond donors (Lipinski definition) is 1. The zero-order valence-corrected chi connectivity index (χ0v) is 16.2. The Bertz CT molecular complexity index is 830. The Kier molecular flexibility index (Phi) is 6.63. The van der Waals surface area contributed by atoms with E-state index >= 15 is 0 Å². The molecule has 1 fully saturated rings. The lowest BCUT2D eigenvalue weighted by atomic mass is 9.91. The van der Waals surface area contributed by atoms with Gasteiger partial charge in [-0.1, -0.05) is 48.5 Å². The van der Waals surface area contributed by atoms with Gasteiger partial charge in [-0.05, 0) is 42.9 Å². The molecular weight excluding hydrogens is 360 g/mol. The van der Waals surface area contributed by atoms with Crippen LogP contribution in [0, 0.1) is 5.92 Å². The number of amides is 1. The van der Waals surface area contributed by atoms with Crippen LogP contribution in [0.2, 0.25) is 0 Å². The molecule has 27 heavy (non-hydrogen) atoms. The lowest BCUT2D eigenvalue weighted by Gasteiger charge is -2.31. The van der Waals surface area contributed by atoms with E-state index in [1.807, 2.05) is 24.3 Å². The first kappa shape index (κ1) is 19.6. The predicted octanol–water partition coefficient (Wildman–Crippen LogP) is 2.70. The summed E-state index contributed by atoms with van der Waals surface area (Å²) in [4.78, 5) is 12.0. The molecule has 1 aliphatic heterocycles. The van der Waals surface area contributed by atoms with E-state index in [9.17, 15) is 13.2 Å². The smallest absolute Gasteiger partial charge is 0.251 e. The van der Waals surface area contributed by atoms with E-state index in [0.717, 1.165) is 19.3 Å². The lowest BCUT2D eigenvalue weighted by molar-refractivity contribution is 0.0956. The fourth-order valence-corrected chi connectivity index (χ4v) is 4.84. The van der Waals surface area contributed by atoms with Crippen LogP contribution < -0.4 is 5.32 Å². The second-order valence-electron chi connectivity index (χ2n) is 6.97. The first-order chi connectivity index (χ1) is 13.0. The summed E-state index contributed by atoms with van der Waals surface area (Å²) in [7, 11) is -3.34. The van der Waals surface area contributed by atoms with Crippen LogP contribution in [0.4, 0.5) is 0 Å². The van der Waals surface area contributed by atoms with Crippen molar-refractivity contribution in [3.05, 3.63) is 71.8 Å². The van der Waals surface area contributed by atoms with Gasteiger partial charge in [-0.3, -0.25) is 4.79 Å². The van der Waals surface area contributed by atoms with Gasteiger partial charge in [-0.25, -0.2) is 12.7 Å². The van der Waals surface area contributed by atoms with Crippen LogP contribution in [0.5, 0.6) is 0 Å².